The van der Waals surface area contributed by atoms with Gasteiger partial charge >= 0.3 is 0 Å². The molecule has 2 rings (SSSR count). The summed E-state index contributed by atoms with van der Waals surface area (Å²) in [6.45, 7) is 3.71. The number of nitrogens with zero attached hydrogens (tertiary/aromatic N) is 1. The Kier molecular flexibility index (Phi) is 4.07. The largest absolute Gasteiger partial charge is 0.383 e. The molecule has 17 heavy (non-hydrogen) atoms. The predicted molar refractivity (Wildman–Crippen MR) is 66.4 cm³/mol. The van der Waals surface area contributed by atoms with Crippen molar-refractivity contribution in [3.8, 4) is 0 Å². The summed E-state index contributed by atoms with van der Waals surface area (Å²) in [5, 5.41) is 2.86. The van der Waals surface area contributed by atoms with Crippen LogP contribution in [0.3, 0.4) is 0 Å². The van der Waals surface area contributed by atoms with E-state index in [0.717, 1.165) is 32.4 Å². The highest BCUT2D eigenvalue weighted by atomic mass is 32.2. The lowest BCUT2D eigenvalue weighted by Crippen LogP contribution is -2.47. The lowest BCUT2D eigenvalue weighted by Gasteiger charge is -2.29. The molecule has 2 heterocycles. The van der Waals surface area contributed by atoms with E-state index in [4.69, 9.17) is 4.74 Å². The monoisotopic (exact) mass is 262 g/mol. The quantitative estimate of drug-likeness (QED) is 0.785. The van der Waals surface area contributed by atoms with Gasteiger partial charge in [0.05, 0.1) is 11.9 Å². The fourth-order valence-corrected chi connectivity index (χ4v) is 4.83. The van der Waals surface area contributed by atoms with Crippen LogP contribution in [0.15, 0.2) is 0 Å². The Bertz CT molecular complexity index is 344. The molecule has 2 aliphatic heterocycles. The molecule has 0 spiro atoms. The van der Waals surface area contributed by atoms with Gasteiger partial charge in [0.2, 0.25) is 10.0 Å². The molecular weight excluding hydrogens is 240 g/mol. The van der Waals surface area contributed by atoms with Crippen molar-refractivity contribution in [3.05, 3.63) is 0 Å². The van der Waals surface area contributed by atoms with Gasteiger partial charge in [-0.1, -0.05) is 0 Å². The van der Waals surface area contributed by atoms with Gasteiger partial charge in [0.25, 0.3) is 0 Å². The number of nitrogens with one attached hydrogen (secondary N) is 1. The van der Waals surface area contributed by atoms with Gasteiger partial charge in [-0.25, -0.2) is 8.42 Å². The van der Waals surface area contributed by atoms with Gasteiger partial charge in [0, 0.05) is 25.7 Å². The van der Waals surface area contributed by atoms with E-state index in [-0.39, 0.29) is 18.7 Å². The van der Waals surface area contributed by atoms with Crippen molar-refractivity contribution in [1.82, 2.24) is 9.62 Å². The summed E-state index contributed by atoms with van der Waals surface area (Å²) in [4.78, 5) is 0. The molecule has 0 saturated carbocycles. The topological polar surface area (TPSA) is 58.6 Å². The summed E-state index contributed by atoms with van der Waals surface area (Å²) in [5.74, 6) is 0. The number of methoxy groups -OCH3 is 1. The minimum atomic E-state index is -3.22. The number of sulfonamides is 1. The van der Waals surface area contributed by atoms with Crippen molar-refractivity contribution in [2.75, 3.05) is 26.8 Å². The maximum absolute atomic E-state index is 12.5. The molecule has 0 aromatic carbocycles. The first-order valence-electron chi connectivity index (χ1n) is 6.29. The Morgan fingerprint density at radius 3 is 2.76 bits per heavy atom. The second-order valence-electron chi connectivity index (χ2n) is 5.02. The Morgan fingerprint density at radius 1 is 1.35 bits per heavy atom. The minimum absolute atomic E-state index is 0.145. The number of fused-ring (bicyclic) bond motifs is 2. The molecule has 5 nitrogen and oxygen atoms in total. The van der Waals surface area contributed by atoms with Crippen molar-refractivity contribution in [3.63, 3.8) is 0 Å². The molecule has 0 aromatic rings. The summed E-state index contributed by atoms with van der Waals surface area (Å²) < 4.78 is 31.8. The average molecular weight is 262 g/mol. The van der Waals surface area contributed by atoms with Gasteiger partial charge in [-0.3, -0.25) is 0 Å². The van der Waals surface area contributed by atoms with Crippen molar-refractivity contribution in [2.24, 2.45) is 0 Å². The van der Waals surface area contributed by atoms with Gasteiger partial charge in [0.15, 0.2) is 0 Å². The van der Waals surface area contributed by atoms with Gasteiger partial charge < -0.3 is 10.1 Å². The highest BCUT2D eigenvalue weighted by Crippen LogP contribution is 2.32. The van der Waals surface area contributed by atoms with Crippen LogP contribution in [0.2, 0.25) is 0 Å². The first kappa shape index (κ1) is 13.3. The molecule has 0 amide bonds. The normalized spacial score (nSPS) is 32.4. The molecular formula is C11H22N2O3S. The van der Waals surface area contributed by atoms with Crippen LogP contribution in [0.25, 0.3) is 0 Å². The first-order chi connectivity index (χ1) is 8.07. The Morgan fingerprint density at radius 2 is 2.06 bits per heavy atom. The van der Waals surface area contributed by atoms with Crippen LogP contribution in [0.5, 0.6) is 0 Å². The van der Waals surface area contributed by atoms with Crippen molar-refractivity contribution in [1.29, 1.82) is 0 Å². The van der Waals surface area contributed by atoms with Crippen LogP contribution < -0.4 is 5.32 Å². The fraction of sp³-hybridized carbons (Fsp3) is 1.00. The highest BCUT2D eigenvalue weighted by molar-refractivity contribution is 7.89. The first-order valence-corrected chi connectivity index (χ1v) is 7.79. The Balaban J connectivity index is 2.20. The third-order valence-electron chi connectivity index (χ3n) is 3.79. The molecule has 2 aliphatic rings. The second-order valence-corrected chi connectivity index (χ2v) is 7.27. The Hall–Kier alpha value is -0.170. The lowest BCUT2D eigenvalue weighted by atomic mass is 10.1. The van der Waals surface area contributed by atoms with E-state index < -0.39 is 15.3 Å². The summed E-state index contributed by atoms with van der Waals surface area (Å²) in [7, 11) is -1.67. The summed E-state index contributed by atoms with van der Waals surface area (Å²) in [6.07, 6.45) is 2.91. The SMILES string of the molecule is COCC(C)S(=O)(=O)N1C2CCNCC1CC2. The smallest absolute Gasteiger partial charge is 0.219 e. The van der Waals surface area contributed by atoms with Crippen molar-refractivity contribution < 1.29 is 13.2 Å². The molecule has 0 radical (unpaired) electrons. The fourth-order valence-electron chi connectivity index (χ4n) is 2.88. The summed E-state index contributed by atoms with van der Waals surface area (Å²) in [6, 6.07) is 0.339. The van der Waals surface area contributed by atoms with E-state index in [1.807, 2.05) is 0 Å². The summed E-state index contributed by atoms with van der Waals surface area (Å²) >= 11 is 0. The molecule has 3 atom stereocenters. The number of rotatable bonds is 4. The van der Waals surface area contributed by atoms with Crippen LogP contribution in [-0.4, -0.2) is 56.9 Å². The molecule has 2 fully saturated rings. The van der Waals surface area contributed by atoms with E-state index in [1.54, 1.807) is 18.3 Å². The van der Waals surface area contributed by atoms with Gasteiger partial charge in [-0.2, -0.15) is 4.31 Å². The maximum atomic E-state index is 12.5. The predicted octanol–water partition coefficient (Wildman–Crippen LogP) is 0.177. The third kappa shape index (κ3) is 2.50. The molecule has 6 heteroatoms. The van der Waals surface area contributed by atoms with E-state index >= 15 is 0 Å². The highest BCUT2D eigenvalue weighted by Gasteiger charge is 2.44. The van der Waals surface area contributed by atoms with E-state index in [2.05, 4.69) is 5.32 Å². The molecule has 100 valence electrons. The van der Waals surface area contributed by atoms with Gasteiger partial charge in [-0.15, -0.1) is 0 Å². The zero-order valence-electron chi connectivity index (χ0n) is 10.6. The van der Waals surface area contributed by atoms with Gasteiger partial charge in [-0.05, 0) is 32.7 Å². The number of hydrogen-bond acceptors (Lipinski definition) is 4. The van der Waals surface area contributed by atoms with E-state index in [0.29, 0.717) is 0 Å². The second kappa shape index (κ2) is 5.22. The molecule has 2 bridgehead atoms. The molecule has 3 unspecified atom stereocenters. The van der Waals surface area contributed by atoms with Crippen LogP contribution in [0.1, 0.15) is 26.2 Å². The zero-order valence-corrected chi connectivity index (χ0v) is 11.4. The zero-order chi connectivity index (χ0) is 12.5. The number of hydrogen-bond donors (Lipinski definition) is 1. The molecule has 2 saturated heterocycles. The standard InChI is InChI=1S/C11H22N2O3S/c1-9(8-16-2)17(14,15)13-10-3-4-11(13)7-12-6-5-10/h9-12H,3-8H2,1-2H3. The average Bonchev–Trinajstić information content (AvgIpc) is 2.53. The van der Waals surface area contributed by atoms with Crippen LogP contribution in [0, 0.1) is 0 Å². The van der Waals surface area contributed by atoms with Crippen molar-refractivity contribution in [2.45, 2.75) is 43.5 Å². The maximum Gasteiger partial charge on any atom is 0.219 e. The molecule has 0 aliphatic carbocycles. The Labute approximate surface area is 104 Å². The summed E-state index contributed by atoms with van der Waals surface area (Å²) in [5.41, 5.74) is 0. The minimum Gasteiger partial charge on any atom is -0.383 e. The molecule has 0 aromatic heterocycles. The van der Waals surface area contributed by atoms with E-state index in [1.165, 1.54) is 0 Å². The molecule has 1 N–H and O–H groups in total. The van der Waals surface area contributed by atoms with Crippen LogP contribution in [-0.2, 0) is 14.8 Å². The number of ether oxygens (including phenoxy) is 1. The van der Waals surface area contributed by atoms with Gasteiger partial charge in [0.1, 0.15) is 0 Å². The lowest BCUT2D eigenvalue weighted by molar-refractivity contribution is 0.196. The van der Waals surface area contributed by atoms with Crippen LogP contribution in [0.4, 0.5) is 0 Å². The third-order valence-corrected chi connectivity index (χ3v) is 6.13. The van der Waals surface area contributed by atoms with E-state index in [9.17, 15) is 8.42 Å². The van der Waals surface area contributed by atoms with Crippen molar-refractivity contribution >= 4 is 10.0 Å². The van der Waals surface area contributed by atoms with Crippen LogP contribution >= 0.6 is 0 Å².